The summed E-state index contributed by atoms with van der Waals surface area (Å²) >= 11 is 0. The monoisotopic (exact) mass is 273 g/mol. The molecule has 0 aromatic heterocycles. The van der Waals surface area contributed by atoms with E-state index in [1.165, 1.54) is 49.7 Å². The van der Waals surface area contributed by atoms with Crippen LogP contribution < -0.4 is 5.32 Å². The number of phenolic OH excluding ortho intramolecular Hbond substituents is 1. The van der Waals surface area contributed by atoms with Gasteiger partial charge < -0.3 is 10.4 Å². The Hall–Kier alpha value is -1.02. The van der Waals surface area contributed by atoms with Gasteiger partial charge in [0.2, 0.25) is 0 Å². The number of phenols is 1. The molecule has 0 heterocycles. The van der Waals surface area contributed by atoms with E-state index in [4.69, 9.17) is 0 Å². The van der Waals surface area contributed by atoms with E-state index in [0.717, 1.165) is 24.8 Å². The number of benzene rings is 1. The van der Waals surface area contributed by atoms with Crippen LogP contribution in [-0.2, 0) is 6.42 Å². The topological polar surface area (TPSA) is 32.3 Å². The number of hydrogen-bond acceptors (Lipinski definition) is 2. The van der Waals surface area contributed by atoms with Crippen LogP contribution in [0.2, 0.25) is 0 Å². The van der Waals surface area contributed by atoms with Crippen molar-refractivity contribution in [1.29, 1.82) is 0 Å². The molecule has 0 saturated heterocycles. The van der Waals surface area contributed by atoms with Crippen molar-refractivity contribution < 1.29 is 5.11 Å². The van der Waals surface area contributed by atoms with Crippen LogP contribution in [0.15, 0.2) is 18.2 Å². The molecule has 1 saturated carbocycles. The molecule has 2 aliphatic rings. The average Bonchev–Trinajstić information content (AvgIpc) is 2.45. The van der Waals surface area contributed by atoms with Crippen LogP contribution in [0, 0.1) is 11.8 Å². The minimum absolute atomic E-state index is 0.406. The van der Waals surface area contributed by atoms with Crippen LogP contribution in [0.3, 0.4) is 0 Å². The maximum Gasteiger partial charge on any atom is 0.115 e. The van der Waals surface area contributed by atoms with Crippen molar-refractivity contribution in [2.45, 2.75) is 57.9 Å². The van der Waals surface area contributed by atoms with Crippen LogP contribution in [-0.4, -0.2) is 11.7 Å². The summed E-state index contributed by atoms with van der Waals surface area (Å²) in [6, 6.07) is 6.34. The zero-order valence-corrected chi connectivity index (χ0v) is 12.6. The van der Waals surface area contributed by atoms with E-state index in [-0.39, 0.29) is 0 Å². The van der Waals surface area contributed by atoms with Crippen molar-refractivity contribution in [3.05, 3.63) is 29.3 Å². The zero-order valence-electron chi connectivity index (χ0n) is 12.6. The van der Waals surface area contributed by atoms with Crippen molar-refractivity contribution >= 4 is 0 Å². The van der Waals surface area contributed by atoms with E-state index >= 15 is 0 Å². The van der Waals surface area contributed by atoms with Gasteiger partial charge in [-0.25, -0.2) is 0 Å². The highest BCUT2D eigenvalue weighted by Gasteiger charge is 2.23. The van der Waals surface area contributed by atoms with Gasteiger partial charge in [-0.2, -0.15) is 0 Å². The van der Waals surface area contributed by atoms with Crippen LogP contribution >= 0.6 is 0 Å². The Bertz CT molecular complexity index is 457. The van der Waals surface area contributed by atoms with Gasteiger partial charge in [0.25, 0.3) is 0 Å². The molecule has 1 fully saturated rings. The van der Waals surface area contributed by atoms with E-state index < -0.39 is 0 Å². The Morgan fingerprint density at radius 2 is 2.10 bits per heavy atom. The summed E-state index contributed by atoms with van der Waals surface area (Å²) in [4.78, 5) is 0. The van der Waals surface area contributed by atoms with Gasteiger partial charge in [-0.05, 0) is 73.7 Å². The van der Waals surface area contributed by atoms with Gasteiger partial charge >= 0.3 is 0 Å². The van der Waals surface area contributed by atoms with Gasteiger partial charge in [0, 0.05) is 6.04 Å². The van der Waals surface area contributed by atoms with Gasteiger partial charge in [-0.1, -0.05) is 25.8 Å². The number of fused-ring (bicyclic) bond motifs is 1. The molecule has 20 heavy (non-hydrogen) atoms. The minimum Gasteiger partial charge on any atom is -0.508 e. The lowest BCUT2D eigenvalue weighted by molar-refractivity contribution is 0.263. The number of rotatable bonds is 3. The smallest absolute Gasteiger partial charge is 0.115 e. The fraction of sp³-hybridized carbons (Fsp3) is 0.667. The maximum absolute atomic E-state index is 9.73. The molecule has 2 aliphatic carbocycles. The Morgan fingerprint density at radius 1 is 1.20 bits per heavy atom. The van der Waals surface area contributed by atoms with Crippen LogP contribution in [0.1, 0.15) is 62.6 Å². The Kier molecular flexibility index (Phi) is 4.30. The van der Waals surface area contributed by atoms with Crippen molar-refractivity contribution in [3.63, 3.8) is 0 Å². The highest BCUT2D eigenvalue weighted by Crippen LogP contribution is 2.33. The number of nitrogens with one attached hydrogen (secondary N) is 1. The van der Waals surface area contributed by atoms with E-state index in [0.29, 0.717) is 11.8 Å². The SMILES string of the molecule is CC1CCCC(CNC2CCCc3ccc(O)cc32)C1. The van der Waals surface area contributed by atoms with Crippen LogP contribution in [0.25, 0.3) is 0 Å². The molecule has 0 amide bonds. The van der Waals surface area contributed by atoms with Crippen molar-refractivity contribution in [3.8, 4) is 5.75 Å². The third kappa shape index (κ3) is 3.17. The summed E-state index contributed by atoms with van der Waals surface area (Å²) in [6.45, 7) is 3.53. The molecular weight excluding hydrogens is 246 g/mol. The Labute approximate surface area is 122 Å². The highest BCUT2D eigenvalue weighted by atomic mass is 16.3. The van der Waals surface area contributed by atoms with Crippen molar-refractivity contribution in [2.24, 2.45) is 11.8 Å². The molecule has 2 nitrogen and oxygen atoms in total. The van der Waals surface area contributed by atoms with Crippen molar-refractivity contribution in [2.75, 3.05) is 6.54 Å². The van der Waals surface area contributed by atoms with E-state index in [9.17, 15) is 5.11 Å². The predicted molar refractivity (Wildman–Crippen MR) is 82.9 cm³/mol. The molecule has 0 radical (unpaired) electrons. The third-order valence-corrected chi connectivity index (χ3v) is 5.14. The summed E-state index contributed by atoms with van der Waals surface area (Å²) in [7, 11) is 0. The first-order valence-corrected chi connectivity index (χ1v) is 8.27. The first kappa shape index (κ1) is 13.9. The van der Waals surface area contributed by atoms with Crippen LogP contribution in [0.4, 0.5) is 0 Å². The lowest BCUT2D eigenvalue weighted by Crippen LogP contribution is -2.31. The summed E-state index contributed by atoms with van der Waals surface area (Å²) < 4.78 is 0. The van der Waals surface area contributed by atoms with E-state index in [2.05, 4.69) is 18.3 Å². The van der Waals surface area contributed by atoms with Gasteiger partial charge in [0.05, 0.1) is 0 Å². The highest BCUT2D eigenvalue weighted by molar-refractivity contribution is 5.38. The number of aromatic hydroxyl groups is 1. The molecule has 0 spiro atoms. The summed E-state index contributed by atoms with van der Waals surface area (Å²) in [5, 5.41) is 13.5. The van der Waals surface area contributed by atoms with Gasteiger partial charge in [0.15, 0.2) is 0 Å². The molecule has 1 aromatic rings. The molecule has 2 heteroatoms. The molecule has 2 N–H and O–H groups in total. The first-order valence-electron chi connectivity index (χ1n) is 8.27. The molecule has 0 aliphatic heterocycles. The molecular formula is C18H27NO. The first-order chi connectivity index (χ1) is 9.72. The van der Waals surface area contributed by atoms with Crippen molar-refractivity contribution in [1.82, 2.24) is 5.32 Å². The quantitative estimate of drug-likeness (QED) is 0.865. The standard InChI is InChI=1S/C18H27NO/c1-13-4-2-5-14(10-13)12-19-18-7-3-6-15-8-9-16(20)11-17(15)18/h8-9,11,13-14,18-20H,2-7,10,12H2,1H3. The average molecular weight is 273 g/mol. The summed E-state index contributed by atoms with van der Waals surface area (Å²) in [6.07, 6.45) is 9.21. The fourth-order valence-electron chi connectivity index (χ4n) is 4.05. The molecule has 3 rings (SSSR count). The minimum atomic E-state index is 0.406. The lowest BCUT2D eigenvalue weighted by atomic mass is 9.82. The van der Waals surface area contributed by atoms with Crippen LogP contribution in [0.5, 0.6) is 5.75 Å². The molecule has 3 unspecified atom stereocenters. The second-order valence-corrected chi connectivity index (χ2v) is 6.87. The maximum atomic E-state index is 9.73. The largest absolute Gasteiger partial charge is 0.508 e. The summed E-state index contributed by atoms with van der Waals surface area (Å²) in [5.74, 6) is 2.16. The zero-order chi connectivity index (χ0) is 13.9. The van der Waals surface area contributed by atoms with Gasteiger partial charge in [0.1, 0.15) is 5.75 Å². The Morgan fingerprint density at radius 3 is 2.95 bits per heavy atom. The van der Waals surface area contributed by atoms with E-state index in [1.54, 1.807) is 0 Å². The normalized spacial score (nSPS) is 29.9. The molecule has 0 bridgehead atoms. The number of hydrogen-bond donors (Lipinski definition) is 2. The second kappa shape index (κ2) is 6.17. The fourth-order valence-corrected chi connectivity index (χ4v) is 4.05. The lowest BCUT2D eigenvalue weighted by Gasteiger charge is -2.31. The second-order valence-electron chi connectivity index (χ2n) is 6.87. The van der Waals surface area contributed by atoms with E-state index in [1.807, 2.05) is 12.1 Å². The third-order valence-electron chi connectivity index (χ3n) is 5.14. The summed E-state index contributed by atoms with van der Waals surface area (Å²) in [5.41, 5.74) is 2.75. The molecule has 3 atom stereocenters. The number of aryl methyl sites for hydroxylation is 1. The molecule has 110 valence electrons. The predicted octanol–water partition coefficient (Wildman–Crippen LogP) is 4.19. The van der Waals surface area contributed by atoms with Gasteiger partial charge in [-0.3, -0.25) is 0 Å². The van der Waals surface area contributed by atoms with Gasteiger partial charge in [-0.15, -0.1) is 0 Å². The molecule has 1 aromatic carbocycles. The Balaban J connectivity index is 1.62.